The van der Waals surface area contributed by atoms with Crippen LogP contribution in [0.25, 0.3) is 5.69 Å². The Balaban J connectivity index is 2.69. The molecule has 1 aromatic carbocycles. The Hall–Kier alpha value is -2.30. The normalized spacial score (nSPS) is 11.5. The highest BCUT2D eigenvalue weighted by molar-refractivity contribution is 5.92. The molecule has 5 nitrogen and oxygen atoms in total. The second kappa shape index (κ2) is 5.24. The molecule has 112 valence electrons. The molecule has 2 N–H and O–H groups in total. The molecule has 0 bridgehead atoms. The molecule has 0 fully saturated rings. The van der Waals surface area contributed by atoms with E-state index in [9.17, 15) is 4.79 Å². The number of imidazole rings is 1. The summed E-state index contributed by atoms with van der Waals surface area (Å²) in [7, 11) is 1.32. The zero-order chi connectivity index (χ0) is 15.8. The van der Waals surface area contributed by atoms with E-state index in [1.165, 1.54) is 7.11 Å². The lowest BCUT2D eigenvalue weighted by Crippen LogP contribution is -2.16. The molecule has 0 unspecified atom stereocenters. The van der Waals surface area contributed by atoms with Gasteiger partial charge in [-0.15, -0.1) is 0 Å². The van der Waals surface area contributed by atoms with E-state index in [2.05, 4.69) is 31.8 Å². The van der Waals surface area contributed by atoms with E-state index < -0.39 is 5.97 Å². The summed E-state index contributed by atoms with van der Waals surface area (Å²) in [5.41, 5.74) is 8.29. The van der Waals surface area contributed by atoms with Crippen molar-refractivity contribution in [2.45, 2.75) is 33.1 Å². The first kappa shape index (κ1) is 15.1. The largest absolute Gasteiger partial charge is 0.464 e. The van der Waals surface area contributed by atoms with Crippen molar-refractivity contribution < 1.29 is 9.53 Å². The van der Waals surface area contributed by atoms with Crippen LogP contribution in [0.5, 0.6) is 0 Å². The molecule has 0 atom stereocenters. The van der Waals surface area contributed by atoms with Gasteiger partial charge in [0.1, 0.15) is 11.6 Å². The number of nitrogens with zero attached hydrogens (tertiary/aromatic N) is 2. The summed E-state index contributed by atoms with van der Waals surface area (Å²) in [5.74, 6) is 0.434. The van der Waals surface area contributed by atoms with Crippen LogP contribution in [-0.2, 0) is 10.2 Å². The number of aryl methyl sites for hydroxylation is 1. The van der Waals surface area contributed by atoms with Gasteiger partial charge in [-0.05, 0) is 24.0 Å². The topological polar surface area (TPSA) is 70.1 Å². The molecule has 0 amide bonds. The van der Waals surface area contributed by atoms with Crippen LogP contribution in [0.4, 0.5) is 5.82 Å². The fourth-order valence-electron chi connectivity index (χ4n) is 2.40. The number of nitrogens with two attached hydrogens (primary N) is 1. The Kier molecular flexibility index (Phi) is 3.77. The van der Waals surface area contributed by atoms with E-state index in [0.29, 0.717) is 11.6 Å². The van der Waals surface area contributed by atoms with E-state index in [1.54, 1.807) is 4.57 Å². The quantitative estimate of drug-likeness (QED) is 0.862. The molecule has 0 saturated carbocycles. The maximum absolute atomic E-state index is 11.7. The van der Waals surface area contributed by atoms with Crippen LogP contribution < -0.4 is 5.73 Å². The number of aromatic nitrogens is 2. The number of ether oxygens (including phenoxy) is 1. The summed E-state index contributed by atoms with van der Waals surface area (Å²) < 4.78 is 6.52. The molecule has 0 aliphatic heterocycles. The minimum atomic E-state index is -0.525. The molecular formula is C16H21N3O2. The number of para-hydroxylation sites is 1. The molecule has 1 aromatic heterocycles. The van der Waals surface area contributed by atoms with Crippen LogP contribution in [0.15, 0.2) is 24.3 Å². The molecular weight excluding hydrogens is 266 g/mol. The number of methoxy groups -OCH3 is 1. The van der Waals surface area contributed by atoms with Crippen LogP contribution in [0.1, 0.15) is 42.6 Å². The molecule has 1 heterocycles. The lowest BCUT2D eigenvalue weighted by molar-refractivity contribution is 0.0596. The average molecular weight is 287 g/mol. The number of benzene rings is 1. The van der Waals surface area contributed by atoms with Crippen molar-refractivity contribution in [2.24, 2.45) is 0 Å². The minimum Gasteiger partial charge on any atom is -0.464 e. The number of hydrogen-bond acceptors (Lipinski definition) is 4. The smallest absolute Gasteiger partial charge is 0.360 e. The highest BCUT2D eigenvalue weighted by Gasteiger charge is 2.24. The summed E-state index contributed by atoms with van der Waals surface area (Å²) in [5, 5.41) is 0. The first-order chi connectivity index (χ1) is 9.77. The lowest BCUT2D eigenvalue weighted by Gasteiger charge is -2.24. The van der Waals surface area contributed by atoms with Gasteiger partial charge in [0.25, 0.3) is 0 Å². The molecule has 0 aliphatic carbocycles. The van der Waals surface area contributed by atoms with E-state index in [0.717, 1.165) is 11.3 Å². The van der Waals surface area contributed by atoms with Crippen molar-refractivity contribution in [2.75, 3.05) is 12.8 Å². The van der Waals surface area contributed by atoms with Gasteiger partial charge in [-0.25, -0.2) is 9.78 Å². The van der Waals surface area contributed by atoms with Gasteiger partial charge in [0.05, 0.1) is 12.8 Å². The minimum absolute atomic E-state index is 0.0504. The van der Waals surface area contributed by atoms with Gasteiger partial charge in [0.15, 0.2) is 5.69 Å². The van der Waals surface area contributed by atoms with Crippen LogP contribution in [0.3, 0.4) is 0 Å². The van der Waals surface area contributed by atoms with Gasteiger partial charge in [-0.2, -0.15) is 0 Å². The first-order valence-electron chi connectivity index (χ1n) is 6.80. The molecule has 21 heavy (non-hydrogen) atoms. The maximum Gasteiger partial charge on any atom is 0.360 e. The second-order valence-electron chi connectivity index (χ2n) is 5.99. The molecule has 0 aliphatic rings. The number of hydrogen-bond donors (Lipinski definition) is 1. The Morgan fingerprint density at radius 1 is 1.29 bits per heavy atom. The van der Waals surface area contributed by atoms with Crippen molar-refractivity contribution in [3.63, 3.8) is 0 Å². The predicted octanol–water partition coefficient (Wildman–Crippen LogP) is 2.85. The molecule has 5 heteroatoms. The van der Waals surface area contributed by atoms with Gasteiger partial charge in [0, 0.05) is 0 Å². The fourth-order valence-corrected chi connectivity index (χ4v) is 2.40. The number of nitrogen functional groups attached to an aromatic ring is 1. The van der Waals surface area contributed by atoms with Crippen LogP contribution in [0.2, 0.25) is 0 Å². The summed E-state index contributed by atoms with van der Waals surface area (Å²) in [6.45, 7) is 8.22. The SMILES string of the molecule is COC(=O)c1nc(C)n(-c2ccccc2C(C)(C)C)c1N. The Bertz CT molecular complexity index is 681. The van der Waals surface area contributed by atoms with Gasteiger partial charge in [0.2, 0.25) is 0 Å². The van der Waals surface area contributed by atoms with E-state index in [1.807, 2.05) is 25.1 Å². The maximum atomic E-state index is 11.7. The summed E-state index contributed by atoms with van der Waals surface area (Å²) in [6, 6.07) is 7.98. The van der Waals surface area contributed by atoms with Crippen LogP contribution in [-0.4, -0.2) is 22.6 Å². The van der Waals surface area contributed by atoms with E-state index in [4.69, 9.17) is 10.5 Å². The Labute approximate surface area is 124 Å². The predicted molar refractivity (Wildman–Crippen MR) is 82.8 cm³/mol. The summed E-state index contributed by atoms with van der Waals surface area (Å²) in [4.78, 5) is 16.0. The molecule has 2 aromatic rings. The number of carbonyl (C=O) groups excluding carboxylic acids is 1. The van der Waals surface area contributed by atoms with Gasteiger partial charge in [-0.1, -0.05) is 39.0 Å². The number of anilines is 1. The van der Waals surface area contributed by atoms with Gasteiger partial charge in [-0.3, -0.25) is 4.57 Å². The molecule has 0 spiro atoms. The third kappa shape index (κ3) is 2.63. The zero-order valence-corrected chi connectivity index (χ0v) is 13.1. The van der Waals surface area contributed by atoms with Crippen LogP contribution >= 0.6 is 0 Å². The van der Waals surface area contributed by atoms with Crippen molar-refractivity contribution in [3.8, 4) is 5.69 Å². The fraction of sp³-hybridized carbons (Fsp3) is 0.375. The van der Waals surface area contributed by atoms with Crippen molar-refractivity contribution >= 4 is 11.8 Å². The Morgan fingerprint density at radius 2 is 1.90 bits per heavy atom. The first-order valence-corrected chi connectivity index (χ1v) is 6.80. The van der Waals surface area contributed by atoms with E-state index in [-0.39, 0.29) is 11.1 Å². The molecule has 2 rings (SSSR count). The van der Waals surface area contributed by atoms with Crippen molar-refractivity contribution in [1.82, 2.24) is 9.55 Å². The van der Waals surface area contributed by atoms with Crippen LogP contribution in [0, 0.1) is 6.92 Å². The number of rotatable bonds is 2. The van der Waals surface area contributed by atoms with Gasteiger partial charge < -0.3 is 10.5 Å². The Morgan fingerprint density at radius 3 is 2.48 bits per heavy atom. The standard InChI is InChI=1S/C16H21N3O2/c1-10-18-13(15(20)21-5)14(17)19(10)12-9-7-6-8-11(12)16(2,3)4/h6-9H,17H2,1-5H3. The zero-order valence-electron chi connectivity index (χ0n) is 13.1. The highest BCUT2D eigenvalue weighted by Crippen LogP contribution is 2.31. The lowest BCUT2D eigenvalue weighted by atomic mass is 9.85. The van der Waals surface area contributed by atoms with Gasteiger partial charge >= 0.3 is 5.97 Å². The third-order valence-corrected chi connectivity index (χ3v) is 3.41. The summed E-state index contributed by atoms with van der Waals surface area (Å²) in [6.07, 6.45) is 0. The second-order valence-corrected chi connectivity index (χ2v) is 5.99. The average Bonchev–Trinajstić information content (AvgIpc) is 2.72. The monoisotopic (exact) mass is 287 g/mol. The van der Waals surface area contributed by atoms with E-state index >= 15 is 0 Å². The molecule has 0 saturated heterocycles. The third-order valence-electron chi connectivity index (χ3n) is 3.41. The summed E-state index contributed by atoms with van der Waals surface area (Å²) >= 11 is 0. The van der Waals surface area contributed by atoms with Crippen molar-refractivity contribution in [1.29, 1.82) is 0 Å². The number of esters is 1. The highest BCUT2D eigenvalue weighted by atomic mass is 16.5. The number of carbonyl (C=O) groups is 1. The van der Waals surface area contributed by atoms with Crippen molar-refractivity contribution in [3.05, 3.63) is 41.3 Å². The molecule has 0 radical (unpaired) electrons.